The standard InChI is InChI=1S/C14H21NO2S/c1-3-18-9-8-11(2)15-14(17)10-12-6-4-5-7-13(12)16/h4-7,11,16H,3,8-10H2,1-2H3,(H,15,17). The molecule has 3 nitrogen and oxygen atoms in total. The van der Waals surface area contributed by atoms with E-state index >= 15 is 0 Å². The molecular weight excluding hydrogens is 246 g/mol. The van der Waals surface area contributed by atoms with Gasteiger partial charge >= 0.3 is 0 Å². The number of amides is 1. The van der Waals surface area contributed by atoms with Crippen molar-refractivity contribution in [2.45, 2.75) is 32.7 Å². The molecule has 0 aliphatic rings. The minimum Gasteiger partial charge on any atom is -0.508 e. The van der Waals surface area contributed by atoms with Crippen LogP contribution in [-0.4, -0.2) is 28.6 Å². The van der Waals surface area contributed by atoms with Gasteiger partial charge in [0.05, 0.1) is 6.42 Å². The largest absolute Gasteiger partial charge is 0.508 e. The molecule has 4 heteroatoms. The van der Waals surface area contributed by atoms with Crippen LogP contribution in [0.4, 0.5) is 0 Å². The van der Waals surface area contributed by atoms with E-state index in [-0.39, 0.29) is 24.1 Å². The van der Waals surface area contributed by atoms with Gasteiger partial charge in [0.25, 0.3) is 0 Å². The first-order chi connectivity index (χ1) is 8.63. The number of aromatic hydroxyl groups is 1. The maximum atomic E-state index is 11.8. The first-order valence-electron chi connectivity index (χ1n) is 6.27. The molecular formula is C14H21NO2S. The van der Waals surface area contributed by atoms with E-state index in [4.69, 9.17) is 0 Å². The van der Waals surface area contributed by atoms with Crippen LogP contribution in [0.3, 0.4) is 0 Å². The van der Waals surface area contributed by atoms with Gasteiger partial charge in [0, 0.05) is 11.6 Å². The minimum absolute atomic E-state index is 0.0366. The topological polar surface area (TPSA) is 49.3 Å². The number of thioether (sulfide) groups is 1. The summed E-state index contributed by atoms with van der Waals surface area (Å²) in [4.78, 5) is 11.8. The van der Waals surface area contributed by atoms with Crippen LogP contribution < -0.4 is 5.32 Å². The van der Waals surface area contributed by atoms with Gasteiger partial charge in [0.15, 0.2) is 0 Å². The second-order valence-electron chi connectivity index (χ2n) is 4.26. The van der Waals surface area contributed by atoms with Gasteiger partial charge in [-0.25, -0.2) is 0 Å². The van der Waals surface area contributed by atoms with Crippen LogP contribution in [0.1, 0.15) is 25.8 Å². The Kier molecular flexibility index (Phi) is 6.65. The molecule has 0 fully saturated rings. The van der Waals surface area contributed by atoms with Crippen LogP contribution >= 0.6 is 11.8 Å². The molecule has 0 aliphatic carbocycles. The van der Waals surface area contributed by atoms with Crippen molar-refractivity contribution in [3.63, 3.8) is 0 Å². The Morgan fingerprint density at radius 2 is 2.17 bits per heavy atom. The van der Waals surface area contributed by atoms with Crippen LogP contribution in [0.25, 0.3) is 0 Å². The molecule has 0 spiro atoms. The fourth-order valence-corrected chi connectivity index (χ4v) is 2.44. The summed E-state index contributed by atoms with van der Waals surface area (Å²) in [7, 11) is 0. The van der Waals surface area contributed by atoms with Crippen molar-refractivity contribution in [2.24, 2.45) is 0 Å². The first kappa shape index (κ1) is 14.9. The monoisotopic (exact) mass is 267 g/mol. The lowest BCUT2D eigenvalue weighted by Gasteiger charge is -2.13. The second kappa shape index (κ2) is 8.03. The van der Waals surface area contributed by atoms with Gasteiger partial charge in [-0.15, -0.1) is 0 Å². The highest BCUT2D eigenvalue weighted by Crippen LogP contribution is 2.16. The third-order valence-corrected chi connectivity index (χ3v) is 3.58. The third kappa shape index (κ3) is 5.45. The number of rotatable bonds is 7. The first-order valence-corrected chi connectivity index (χ1v) is 7.43. The van der Waals surface area contributed by atoms with Crippen LogP contribution in [0.5, 0.6) is 5.75 Å². The molecule has 18 heavy (non-hydrogen) atoms. The van der Waals surface area contributed by atoms with Crippen LogP contribution in [0.15, 0.2) is 24.3 Å². The van der Waals surface area contributed by atoms with Gasteiger partial charge in [0.1, 0.15) is 5.75 Å². The van der Waals surface area contributed by atoms with Gasteiger partial charge in [-0.2, -0.15) is 11.8 Å². The third-order valence-electron chi connectivity index (χ3n) is 2.65. The molecule has 1 atom stereocenters. The Labute approximate surface area is 113 Å². The maximum Gasteiger partial charge on any atom is 0.224 e. The van der Waals surface area contributed by atoms with Crippen molar-refractivity contribution in [3.05, 3.63) is 29.8 Å². The van der Waals surface area contributed by atoms with Crippen LogP contribution in [-0.2, 0) is 11.2 Å². The number of para-hydroxylation sites is 1. The number of hydrogen-bond donors (Lipinski definition) is 2. The van der Waals surface area contributed by atoms with Crippen molar-refractivity contribution in [2.75, 3.05) is 11.5 Å². The molecule has 100 valence electrons. The summed E-state index contributed by atoms with van der Waals surface area (Å²) in [5.41, 5.74) is 0.671. The lowest BCUT2D eigenvalue weighted by Crippen LogP contribution is -2.34. The fraction of sp³-hybridized carbons (Fsp3) is 0.500. The van der Waals surface area contributed by atoms with Crippen molar-refractivity contribution < 1.29 is 9.90 Å². The Balaban J connectivity index is 2.35. The van der Waals surface area contributed by atoms with Crippen molar-refractivity contribution in [1.29, 1.82) is 0 Å². The molecule has 1 amide bonds. The summed E-state index contributed by atoms with van der Waals surface area (Å²) in [6.07, 6.45) is 1.21. The molecule has 2 N–H and O–H groups in total. The average Bonchev–Trinajstić information content (AvgIpc) is 2.32. The highest BCUT2D eigenvalue weighted by Gasteiger charge is 2.10. The molecule has 0 bridgehead atoms. The summed E-state index contributed by atoms with van der Waals surface area (Å²) >= 11 is 1.88. The summed E-state index contributed by atoms with van der Waals surface area (Å²) in [6, 6.07) is 7.13. The lowest BCUT2D eigenvalue weighted by molar-refractivity contribution is -0.121. The Hall–Kier alpha value is -1.16. The van der Waals surface area contributed by atoms with Gasteiger partial charge in [-0.1, -0.05) is 25.1 Å². The van der Waals surface area contributed by atoms with Crippen LogP contribution in [0.2, 0.25) is 0 Å². The number of carbonyl (C=O) groups excluding carboxylic acids is 1. The number of hydrogen-bond acceptors (Lipinski definition) is 3. The van der Waals surface area contributed by atoms with E-state index in [1.165, 1.54) is 0 Å². The van der Waals surface area contributed by atoms with E-state index in [9.17, 15) is 9.90 Å². The van der Waals surface area contributed by atoms with E-state index in [0.717, 1.165) is 17.9 Å². The number of phenols is 1. The summed E-state index contributed by atoms with van der Waals surface area (Å²) in [5, 5.41) is 12.5. The molecule has 1 aromatic rings. The minimum atomic E-state index is -0.0366. The van der Waals surface area contributed by atoms with Crippen LogP contribution in [0, 0.1) is 0 Å². The second-order valence-corrected chi connectivity index (χ2v) is 5.65. The highest BCUT2D eigenvalue weighted by atomic mass is 32.2. The molecule has 0 radical (unpaired) electrons. The summed E-state index contributed by atoms with van der Waals surface area (Å²) in [5.74, 6) is 2.32. The predicted molar refractivity (Wildman–Crippen MR) is 77.0 cm³/mol. The Morgan fingerprint density at radius 1 is 1.44 bits per heavy atom. The van der Waals surface area contributed by atoms with E-state index in [2.05, 4.69) is 12.2 Å². The maximum absolute atomic E-state index is 11.8. The Morgan fingerprint density at radius 3 is 2.83 bits per heavy atom. The van der Waals surface area contributed by atoms with Crippen molar-refractivity contribution >= 4 is 17.7 Å². The molecule has 0 heterocycles. The number of nitrogens with one attached hydrogen (secondary N) is 1. The molecule has 0 aromatic heterocycles. The van der Waals surface area contributed by atoms with Gasteiger partial charge in [0.2, 0.25) is 5.91 Å². The molecule has 0 saturated heterocycles. The highest BCUT2D eigenvalue weighted by molar-refractivity contribution is 7.99. The summed E-state index contributed by atoms with van der Waals surface area (Å²) in [6.45, 7) is 4.14. The zero-order chi connectivity index (χ0) is 13.4. The van der Waals surface area contributed by atoms with Gasteiger partial charge in [-0.3, -0.25) is 4.79 Å². The van der Waals surface area contributed by atoms with Gasteiger partial charge in [-0.05, 0) is 30.9 Å². The van der Waals surface area contributed by atoms with E-state index < -0.39 is 0 Å². The number of benzene rings is 1. The van der Waals surface area contributed by atoms with E-state index in [1.54, 1.807) is 18.2 Å². The number of phenolic OH excluding ortho intramolecular Hbond substituents is 1. The number of carbonyl (C=O) groups is 1. The summed E-state index contributed by atoms with van der Waals surface area (Å²) < 4.78 is 0. The SMILES string of the molecule is CCSCCC(C)NC(=O)Cc1ccccc1O. The molecule has 0 aliphatic heterocycles. The van der Waals surface area contributed by atoms with Crippen molar-refractivity contribution in [3.8, 4) is 5.75 Å². The quantitative estimate of drug-likeness (QED) is 0.747. The fourth-order valence-electron chi connectivity index (χ4n) is 1.64. The Bertz CT molecular complexity index is 382. The lowest BCUT2D eigenvalue weighted by atomic mass is 10.1. The zero-order valence-corrected chi connectivity index (χ0v) is 11.8. The smallest absolute Gasteiger partial charge is 0.224 e. The molecule has 1 aromatic carbocycles. The predicted octanol–water partition coefficient (Wildman–Crippen LogP) is 2.58. The van der Waals surface area contributed by atoms with Gasteiger partial charge < -0.3 is 10.4 Å². The zero-order valence-electron chi connectivity index (χ0n) is 11.0. The molecule has 1 unspecified atom stereocenters. The molecule has 0 saturated carbocycles. The molecule has 1 rings (SSSR count). The van der Waals surface area contributed by atoms with Crippen molar-refractivity contribution in [1.82, 2.24) is 5.32 Å². The normalized spacial score (nSPS) is 12.1. The van der Waals surface area contributed by atoms with E-state index in [0.29, 0.717) is 5.56 Å². The average molecular weight is 267 g/mol. The van der Waals surface area contributed by atoms with E-state index in [1.807, 2.05) is 24.8 Å².